The number of carbonyl (C=O) groups is 1. The molecule has 1 atom stereocenters. The fourth-order valence-corrected chi connectivity index (χ4v) is 1.64. The number of carboxylic acid groups (broad SMARTS) is 1. The molecule has 1 saturated carbocycles. The minimum atomic E-state index is -0.906. The van der Waals surface area contributed by atoms with Gasteiger partial charge >= 0.3 is 5.97 Å². The second kappa shape index (κ2) is 4.37. The monoisotopic (exact) mass is 232 g/mol. The summed E-state index contributed by atoms with van der Waals surface area (Å²) in [5.74, 6) is -0.556. The lowest BCUT2D eigenvalue weighted by molar-refractivity contribution is -0.138. The predicted octanol–water partition coefficient (Wildman–Crippen LogP) is 0.932. The lowest BCUT2D eigenvalue weighted by Gasteiger charge is -2.13. The van der Waals surface area contributed by atoms with E-state index in [0.29, 0.717) is 5.69 Å². The van der Waals surface area contributed by atoms with Gasteiger partial charge in [0.1, 0.15) is 17.8 Å². The van der Waals surface area contributed by atoms with Gasteiger partial charge in [-0.05, 0) is 31.7 Å². The molecule has 0 spiro atoms. The van der Waals surface area contributed by atoms with Crippen LogP contribution in [0.4, 0.5) is 5.95 Å². The molecule has 1 aromatic heterocycles. The van der Waals surface area contributed by atoms with Crippen molar-refractivity contribution in [2.75, 3.05) is 5.32 Å². The van der Waals surface area contributed by atoms with Crippen molar-refractivity contribution >= 4 is 11.9 Å². The molecule has 6 heteroatoms. The molecule has 17 heavy (non-hydrogen) atoms. The van der Waals surface area contributed by atoms with E-state index in [4.69, 9.17) is 10.4 Å². The highest BCUT2D eigenvalue weighted by Gasteiger charge is 2.36. The second-order valence-corrected chi connectivity index (χ2v) is 4.13. The van der Waals surface area contributed by atoms with Gasteiger partial charge in [0, 0.05) is 5.69 Å². The molecule has 1 aromatic rings. The molecule has 2 rings (SSSR count). The van der Waals surface area contributed by atoms with E-state index >= 15 is 0 Å². The SMILES string of the molecule is Cc1cc(C#N)nc(NC(C(=O)O)C2CC2)n1. The van der Waals surface area contributed by atoms with Crippen LogP contribution in [0, 0.1) is 24.2 Å². The summed E-state index contributed by atoms with van der Waals surface area (Å²) in [5.41, 5.74) is 0.874. The average molecular weight is 232 g/mol. The third-order valence-corrected chi connectivity index (χ3v) is 2.61. The van der Waals surface area contributed by atoms with Gasteiger partial charge in [-0.1, -0.05) is 0 Å². The number of anilines is 1. The Labute approximate surface area is 98.3 Å². The summed E-state index contributed by atoms with van der Waals surface area (Å²) in [4.78, 5) is 19.1. The van der Waals surface area contributed by atoms with E-state index in [1.165, 1.54) is 0 Å². The van der Waals surface area contributed by atoms with Crippen molar-refractivity contribution in [2.24, 2.45) is 5.92 Å². The third kappa shape index (κ3) is 2.69. The van der Waals surface area contributed by atoms with Crippen molar-refractivity contribution < 1.29 is 9.90 Å². The third-order valence-electron chi connectivity index (χ3n) is 2.61. The fourth-order valence-electron chi connectivity index (χ4n) is 1.64. The number of aromatic nitrogens is 2. The summed E-state index contributed by atoms with van der Waals surface area (Å²) in [6.45, 7) is 1.74. The zero-order chi connectivity index (χ0) is 12.4. The zero-order valence-corrected chi connectivity index (χ0v) is 9.34. The Morgan fingerprint density at radius 3 is 2.88 bits per heavy atom. The normalized spacial score (nSPS) is 16.0. The molecule has 1 fully saturated rings. The number of nitrogens with one attached hydrogen (secondary N) is 1. The van der Waals surface area contributed by atoms with E-state index in [0.717, 1.165) is 12.8 Å². The maximum Gasteiger partial charge on any atom is 0.326 e. The van der Waals surface area contributed by atoms with Crippen molar-refractivity contribution in [1.82, 2.24) is 9.97 Å². The maximum atomic E-state index is 11.0. The molecule has 0 saturated heterocycles. The Balaban J connectivity index is 2.19. The molecule has 1 unspecified atom stereocenters. The highest BCUT2D eigenvalue weighted by molar-refractivity contribution is 5.77. The van der Waals surface area contributed by atoms with Gasteiger partial charge in [0.15, 0.2) is 0 Å². The van der Waals surface area contributed by atoms with E-state index in [-0.39, 0.29) is 17.6 Å². The van der Waals surface area contributed by atoms with Crippen LogP contribution in [0.5, 0.6) is 0 Å². The number of nitrogens with zero attached hydrogens (tertiary/aromatic N) is 3. The number of rotatable bonds is 4. The number of aliphatic carboxylic acids is 1. The highest BCUT2D eigenvalue weighted by Crippen LogP contribution is 2.34. The highest BCUT2D eigenvalue weighted by atomic mass is 16.4. The lowest BCUT2D eigenvalue weighted by atomic mass is 10.2. The topological polar surface area (TPSA) is 98.9 Å². The molecule has 6 nitrogen and oxygen atoms in total. The number of aryl methyl sites for hydroxylation is 1. The number of nitriles is 1. The van der Waals surface area contributed by atoms with E-state index in [2.05, 4.69) is 15.3 Å². The first-order valence-electron chi connectivity index (χ1n) is 5.35. The van der Waals surface area contributed by atoms with Crippen LogP contribution in [0.25, 0.3) is 0 Å². The summed E-state index contributed by atoms with van der Waals surface area (Å²) in [6, 6.07) is 2.81. The van der Waals surface area contributed by atoms with Crippen molar-refractivity contribution in [3.8, 4) is 6.07 Å². The Morgan fingerprint density at radius 1 is 1.65 bits per heavy atom. The summed E-state index contributed by atoms with van der Waals surface area (Å²) in [7, 11) is 0. The van der Waals surface area contributed by atoms with Crippen LogP contribution in [0.1, 0.15) is 24.2 Å². The van der Waals surface area contributed by atoms with Crippen LogP contribution in [0.2, 0.25) is 0 Å². The quantitative estimate of drug-likeness (QED) is 0.801. The van der Waals surface area contributed by atoms with E-state index in [9.17, 15) is 4.79 Å². The first-order valence-corrected chi connectivity index (χ1v) is 5.35. The molecular weight excluding hydrogens is 220 g/mol. The largest absolute Gasteiger partial charge is 0.480 e. The van der Waals surface area contributed by atoms with Gasteiger partial charge < -0.3 is 10.4 Å². The molecular formula is C11H12N4O2. The van der Waals surface area contributed by atoms with Gasteiger partial charge in [0.05, 0.1) is 0 Å². The first kappa shape index (κ1) is 11.3. The molecule has 1 aliphatic rings. The Bertz CT molecular complexity index is 491. The lowest BCUT2D eigenvalue weighted by Crippen LogP contribution is -2.32. The maximum absolute atomic E-state index is 11.0. The fraction of sp³-hybridized carbons (Fsp3) is 0.455. The molecule has 0 bridgehead atoms. The van der Waals surface area contributed by atoms with Crippen molar-refractivity contribution in [2.45, 2.75) is 25.8 Å². The van der Waals surface area contributed by atoms with Crippen molar-refractivity contribution in [3.63, 3.8) is 0 Å². The van der Waals surface area contributed by atoms with Crippen LogP contribution in [0.3, 0.4) is 0 Å². The molecule has 0 aromatic carbocycles. The Hall–Kier alpha value is -2.16. The van der Waals surface area contributed by atoms with Crippen LogP contribution in [0.15, 0.2) is 6.07 Å². The minimum Gasteiger partial charge on any atom is -0.480 e. The van der Waals surface area contributed by atoms with E-state index in [1.54, 1.807) is 13.0 Å². The van der Waals surface area contributed by atoms with Gasteiger partial charge in [-0.25, -0.2) is 14.8 Å². The second-order valence-electron chi connectivity index (χ2n) is 4.13. The van der Waals surface area contributed by atoms with Gasteiger partial charge in [0.25, 0.3) is 0 Å². The Kier molecular flexibility index (Phi) is 2.91. The van der Waals surface area contributed by atoms with Gasteiger partial charge in [0.2, 0.25) is 5.95 Å². The smallest absolute Gasteiger partial charge is 0.326 e. The number of carboxylic acids is 1. The predicted molar refractivity (Wildman–Crippen MR) is 59.3 cm³/mol. The molecule has 0 radical (unpaired) electrons. The van der Waals surface area contributed by atoms with Crippen LogP contribution < -0.4 is 5.32 Å². The van der Waals surface area contributed by atoms with Gasteiger partial charge in [-0.2, -0.15) is 5.26 Å². The summed E-state index contributed by atoms with van der Waals surface area (Å²) in [5, 5.41) is 20.6. The van der Waals surface area contributed by atoms with E-state index in [1.807, 2.05) is 6.07 Å². The Morgan fingerprint density at radius 2 is 2.35 bits per heavy atom. The van der Waals surface area contributed by atoms with Gasteiger partial charge in [-0.3, -0.25) is 0 Å². The average Bonchev–Trinajstić information content (AvgIpc) is 3.08. The molecule has 0 aliphatic heterocycles. The van der Waals surface area contributed by atoms with Crippen LogP contribution in [-0.2, 0) is 4.79 Å². The molecule has 2 N–H and O–H groups in total. The van der Waals surface area contributed by atoms with E-state index < -0.39 is 12.0 Å². The summed E-state index contributed by atoms with van der Waals surface area (Å²) >= 11 is 0. The minimum absolute atomic E-state index is 0.141. The molecule has 0 amide bonds. The van der Waals surface area contributed by atoms with Gasteiger partial charge in [-0.15, -0.1) is 0 Å². The van der Waals surface area contributed by atoms with Crippen LogP contribution in [-0.4, -0.2) is 27.1 Å². The number of hydrogen-bond donors (Lipinski definition) is 2. The first-order chi connectivity index (χ1) is 8.10. The van der Waals surface area contributed by atoms with Crippen LogP contribution >= 0.6 is 0 Å². The van der Waals surface area contributed by atoms with Crippen molar-refractivity contribution in [1.29, 1.82) is 5.26 Å². The summed E-state index contributed by atoms with van der Waals surface area (Å²) < 4.78 is 0. The summed E-state index contributed by atoms with van der Waals surface area (Å²) in [6.07, 6.45) is 1.81. The molecule has 1 heterocycles. The molecule has 1 aliphatic carbocycles. The zero-order valence-electron chi connectivity index (χ0n) is 9.34. The van der Waals surface area contributed by atoms with Crippen molar-refractivity contribution in [3.05, 3.63) is 17.5 Å². The molecule has 88 valence electrons. The number of hydrogen-bond acceptors (Lipinski definition) is 5. The standard InChI is InChI=1S/C11H12N4O2/c1-6-4-8(5-12)14-11(13-6)15-9(10(16)17)7-2-3-7/h4,7,9H,2-3H2,1H3,(H,16,17)(H,13,14,15).